The molecule has 0 aromatic heterocycles. The van der Waals surface area contributed by atoms with E-state index in [1.54, 1.807) is 6.07 Å². The molecule has 0 fully saturated rings. The number of carbonyl (C=O) groups is 1. The number of halogens is 1. The van der Waals surface area contributed by atoms with Gasteiger partial charge < -0.3 is 10.0 Å². The second-order valence-electron chi connectivity index (χ2n) is 4.87. The largest absolute Gasteiger partial charge is 0.481 e. The number of aliphatic carboxylic acids is 1. The van der Waals surface area contributed by atoms with Gasteiger partial charge in [0.15, 0.2) is 0 Å². The molecule has 1 aliphatic heterocycles. The highest BCUT2D eigenvalue weighted by Gasteiger charge is 2.22. The fraction of sp³-hybridized carbons (Fsp3) is 0.188. The van der Waals surface area contributed by atoms with Gasteiger partial charge in [0.1, 0.15) is 5.82 Å². The molecule has 20 heavy (non-hydrogen) atoms. The number of carboxylic acids is 1. The van der Waals surface area contributed by atoms with E-state index in [2.05, 4.69) is 11.0 Å². The summed E-state index contributed by atoms with van der Waals surface area (Å²) in [7, 11) is 0. The second kappa shape index (κ2) is 4.96. The van der Waals surface area contributed by atoms with Crippen molar-refractivity contribution in [3.63, 3.8) is 0 Å². The summed E-state index contributed by atoms with van der Waals surface area (Å²) >= 11 is 0. The number of hydrogen-bond donors (Lipinski definition) is 1. The molecule has 0 unspecified atom stereocenters. The van der Waals surface area contributed by atoms with Crippen LogP contribution in [0, 0.1) is 5.82 Å². The molecule has 1 heterocycles. The molecule has 0 spiro atoms. The zero-order chi connectivity index (χ0) is 14.1. The minimum Gasteiger partial charge on any atom is -0.481 e. The lowest BCUT2D eigenvalue weighted by Crippen LogP contribution is -2.16. The van der Waals surface area contributed by atoms with Crippen molar-refractivity contribution in [3.8, 4) is 0 Å². The summed E-state index contributed by atoms with van der Waals surface area (Å²) < 4.78 is 13.4. The summed E-state index contributed by atoms with van der Waals surface area (Å²) in [6.45, 7) is 0.789. The number of rotatable bonds is 3. The van der Waals surface area contributed by atoms with Crippen molar-refractivity contribution in [2.24, 2.45) is 0 Å². The van der Waals surface area contributed by atoms with Crippen molar-refractivity contribution in [3.05, 3.63) is 59.4 Å². The van der Waals surface area contributed by atoms with Crippen molar-refractivity contribution in [1.82, 2.24) is 0 Å². The number of fused-ring (bicyclic) bond motifs is 1. The van der Waals surface area contributed by atoms with Crippen LogP contribution in [0.3, 0.4) is 0 Å². The third-order valence-electron chi connectivity index (χ3n) is 3.56. The fourth-order valence-electron chi connectivity index (χ4n) is 2.71. The quantitative estimate of drug-likeness (QED) is 0.932. The molecule has 2 aromatic rings. The molecule has 0 aliphatic carbocycles. The standard InChI is InChI=1S/C16H14FNO2/c17-13-5-6-15(12(9-13)10-16(19)20)18-8-7-11-3-1-2-4-14(11)18/h1-6,9H,7-8,10H2,(H,19,20). The van der Waals surface area contributed by atoms with Crippen LogP contribution in [0.15, 0.2) is 42.5 Å². The molecule has 4 heteroatoms. The van der Waals surface area contributed by atoms with E-state index in [1.807, 2.05) is 18.2 Å². The molecular formula is C16H14FNO2. The van der Waals surface area contributed by atoms with Gasteiger partial charge in [0.25, 0.3) is 0 Å². The van der Waals surface area contributed by atoms with E-state index >= 15 is 0 Å². The summed E-state index contributed by atoms with van der Waals surface area (Å²) in [5, 5.41) is 8.98. The number of para-hydroxylation sites is 1. The van der Waals surface area contributed by atoms with Gasteiger partial charge in [-0.15, -0.1) is 0 Å². The Hall–Kier alpha value is -2.36. The van der Waals surface area contributed by atoms with Crippen LogP contribution in [-0.4, -0.2) is 17.6 Å². The normalized spacial score (nSPS) is 13.3. The first kappa shape index (κ1) is 12.7. The Bertz CT molecular complexity index is 669. The van der Waals surface area contributed by atoms with Gasteiger partial charge in [-0.05, 0) is 41.8 Å². The predicted octanol–water partition coefficient (Wildman–Crippen LogP) is 3.15. The highest BCUT2D eigenvalue weighted by atomic mass is 19.1. The molecule has 102 valence electrons. The molecule has 0 atom stereocenters. The van der Waals surface area contributed by atoms with E-state index in [0.717, 1.165) is 24.3 Å². The maximum absolute atomic E-state index is 13.4. The molecule has 0 saturated heterocycles. The van der Waals surface area contributed by atoms with Gasteiger partial charge in [0.2, 0.25) is 0 Å². The van der Waals surface area contributed by atoms with Gasteiger partial charge in [-0.1, -0.05) is 18.2 Å². The predicted molar refractivity (Wildman–Crippen MR) is 74.9 cm³/mol. The number of benzene rings is 2. The molecular weight excluding hydrogens is 257 g/mol. The van der Waals surface area contributed by atoms with Crippen molar-refractivity contribution in [2.45, 2.75) is 12.8 Å². The summed E-state index contributed by atoms with van der Waals surface area (Å²) in [6, 6.07) is 12.4. The molecule has 3 rings (SSSR count). The highest BCUT2D eigenvalue weighted by Crippen LogP contribution is 2.36. The van der Waals surface area contributed by atoms with Crippen LogP contribution in [0.25, 0.3) is 0 Å². The average Bonchev–Trinajstić information content (AvgIpc) is 2.82. The Balaban J connectivity index is 2.05. The third-order valence-corrected chi connectivity index (χ3v) is 3.56. The highest BCUT2D eigenvalue weighted by molar-refractivity contribution is 5.77. The van der Waals surface area contributed by atoms with Crippen LogP contribution < -0.4 is 4.90 Å². The van der Waals surface area contributed by atoms with Gasteiger partial charge in [0, 0.05) is 17.9 Å². The molecule has 0 amide bonds. The van der Waals surface area contributed by atoms with Crippen molar-refractivity contribution < 1.29 is 14.3 Å². The SMILES string of the molecule is O=C(O)Cc1cc(F)ccc1N1CCc2ccccc21. The smallest absolute Gasteiger partial charge is 0.307 e. The Morgan fingerprint density at radius 3 is 2.80 bits per heavy atom. The van der Waals surface area contributed by atoms with Gasteiger partial charge >= 0.3 is 5.97 Å². The summed E-state index contributed by atoms with van der Waals surface area (Å²) in [6.07, 6.45) is 0.742. The lowest BCUT2D eigenvalue weighted by molar-refractivity contribution is -0.136. The summed E-state index contributed by atoms with van der Waals surface area (Å²) in [4.78, 5) is 13.0. The lowest BCUT2D eigenvalue weighted by Gasteiger charge is -2.22. The zero-order valence-corrected chi connectivity index (χ0v) is 10.8. The van der Waals surface area contributed by atoms with Crippen molar-refractivity contribution in [2.75, 3.05) is 11.4 Å². The van der Waals surface area contributed by atoms with Gasteiger partial charge in [-0.25, -0.2) is 4.39 Å². The van der Waals surface area contributed by atoms with E-state index in [-0.39, 0.29) is 6.42 Å². The molecule has 0 radical (unpaired) electrons. The van der Waals surface area contributed by atoms with Gasteiger partial charge in [-0.3, -0.25) is 4.79 Å². The minimum absolute atomic E-state index is 0.175. The Kier molecular flexibility index (Phi) is 3.14. The van der Waals surface area contributed by atoms with Crippen LogP contribution in [-0.2, 0) is 17.6 Å². The first-order valence-electron chi connectivity index (χ1n) is 6.51. The van der Waals surface area contributed by atoms with E-state index < -0.39 is 11.8 Å². The monoisotopic (exact) mass is 271 g/mol. The second-order valence-corrected chi connectivity index (χ2v) is 4.87. The van der Waals surface area contributed by atoms with Crippen molar-refractivity contribution >= 4 is 17.3 Å². The van der Waals surface area contributed by atoms with E-state index in [9.17, 15) is 9.18 Å². The maximum atomic E-state index is 13.4. The first-order valence-corrected chi connectivity index (χ1v) is 6.51. The topological polar surface area (TPSA) is 40.5 Å². The molecule has 0 bridgehead atoms. The fourth-order valence-corrected chi connectivity index (χ4v) is 2.71. The number of carboxylic acid groups (broad SMARTS) is 1. The average molecular weight is 271 g/mol. The Morgan fingerprint density at radius 2 is 2.00 bits per heavy atom. The first-order chi connectivity index (χ1) is 9.65. The molecule has 2 aromatic carbocycles. The Morgan fingerprint density at radius 1 is 1.20 bits per heavy atom. The Labute approximate surface area is 116 Å². The van der Waals surface area contributed by atoms with E-state index in [0.29, 0.717) is 5.56 Å². The minimum atomic E-state index is -0.954. The molecule has 3 nitrogen and oxygen atoms in total. The number of anilines is 2. The van der Waals surface area contributed by atoms with Crippen LogP contribution >= 0.6 is 0 Å². The van der Waals surface area contributed by atoms with Crippen molar-refractivity contribution in [1.29, 1.82) is 0 Å². The van der Waals surface area contributed by atoms with Crippen LogP contribution in [0.5, 0.6) is 0 Å². The summed E-state index contributed by atoms with van der Waals surface area (Å²) in [5.41, 5.74) is 3.59. The van der Waals surface area contributed by atoms with Crippen LogP contribution in [0.2, 0.25) is 0 Å². The molecule has 1 N–H and O–H groups in total. The van der Waals surface area contributed by atoms with E-state index in [4.69, 9.17) is 5.11 Å². The van der Waals surface area contributed by atoms with E-state index in [1.165, 1.54) is 17.7 Å². The molecule has 0 saturated carbocycles. The molecule has 1 aliphatic rings. The third kappa shape index (κ3) is 2.25. The van der Waals surface area contributed by atoms with Crippen LogP contribution in [0.4, 0.5) is 15.8 Å². The summed E-state index contributed by atoms with van der Waals surface area (Å²) in [5.74, 6) is -1.36. The maximum Gasteiger partial charge on any atom is 0.307 e. The van der Waals surface area contributed by atoms with Crippen LogP contribution in [0.1, 0.15) is 11.1 Å². The zero-order valence-electron chi connectivity index (χ0n) is 10.8. The van der Waals surface area contributed by atoms with Gasteiger partial charge in [-0.2, -0.15) is 0 Å². The number of hydrogen-bond acceptors (Lipinski definition) is 2. The van der Waals surface area contributed by atoms with Gasteiger partial charge in [0.05, 0.1) is 6.42 Å². The number of nitrogens with zero attached hydrogens (tertiary/aromatic N) is 1. The lowest BCUT2D eigenvalue weighted by atomic mass is 10.1.